The summed E-state index contributed by atoms with van der Waals surface area (Å²) in [5, 5.41) is 11.1. The molecule has 24 heavy (non-hydrogen) atoms. The number of amides is 2. The highest BCUT2D eigenvalue weighted by Crippen LogP contribution is 2.32. The zero-order valence-corrected chi connectivity index (χ0v) is 14.5. The van der Waals surface area contributed by atoms with Gasteiger partial charge in [0.1, 0.15) is 10.4 Å². The van der Waals surface area contributed by atoms with Crippen LogP contribution in [0.1, 0.15) is 18.9 Å². The van der Waals surface area contributed by atoms with Crippen molar-refractivity contribution in [1.82, 2.24) is 10.2 Å². The SMILES string of the molecule is CC(NC(=O)CCN1C(=O)/C(=C/c2ccccc2)SC1=S)C(=O)O. The average molecular weight is 364 g/mol. The number of rotatable bonds is 6. The molecule has 1 aromatic rings. The lowest BCUT2D eigenvalue weighted by Crippen LogP contribution is -2.40. The highest BCUT2D eigenvalue weighted by Gasteiger charge is 2.32. The molecule has 2 N–H and O–H groups in total. The molecule has 0 aromatic heterocycles. The molecular formula is C16H16N2O4S2. The van der Waals surface area contributed by atoms with E-state index in [-0.39, 0.29) is 18.9 Å². The summed E-state index contributed by atoms with van der Waals surface area (Å²) in [4.78, 5) is 36.7. The van der Waals surface area contributed by atoms with Gasteiger partial charge in [-0.1, -0.05) is 54.3 Å². The van der Waals surface area contributed by atoms with Gasteiger partial charge in [0, 0.05) is 13.0 Å². The third-order valence-electron chi connectivity index (χ3n) is 3.28. The van der Waals surface area contributed by atoms with Gasteiger partial charge in [-0.05, 0) is 18.6 Å². The Morgan fingerprint density at radius 2 is 2.04 bits per heavy atom. The lowest BCUT2D eigenvalue weighted by atomic mass is 10.2. The number of carboxylic acids is 1. The van der Waals surface area contributed by atoms with Crippen LogP contribution in [0.15, 0.2) is 35.2 Å². The molecular weight excluding hydrogens is 348 g/mol. The Balaban J connectivity index is 1.96. The lowest BCUT2D eigenvalue weighted by molar-refractivity contribution is -0.141. The van der Waals surface area contributed by atoms with Crippen LogP contribution in [0.2, 0.25) is 0 Å². The summed E-state index contributed by atoms with van der Waals surface area (Å²) >= 11 is 6.38. The van der Waals surface area contributed by atoms with E-state index >= 15 is 0 Å². The van der Waals surface area contributed by atoms with Gasteiger partial charge < -0.3 is 10.4 Å². The molecule has 1 aliphatic heterocycles. The number of hydrogen-bond donors (Lipinski definition) is 2. The summed E-state index contributed by atoms with van der Waals surface area (Å²) in [5.74, 6) is -1.79. The first-order chi connectivity index (χ1) is 11.4. The average Bonchev–Trinajstić information content (AvgIpc) is 2.80. The predicted octanol–water partition coefficient (Wildman–Crippen LogP) is 1.87. The van der Waals surface area contributed by atoms with Gasteiger partial charge in [-0.2, -0.15) is 0 Å². The van der Waals surface area contributed by atoms with E-state index in [0.717, 1.165) is 5.56 Å². The maximum absolute atomic E-state index is 12.4. The van der Waals surface area contributed by atoms with Gasteiger partial charge in [0.2, 0.25) is 5.91 Å². The Morgan fingerprint density at radius 1 is 1.38 bits per heavy atom. The first kappa shape index (κ1) is 18.2. The fourth-order valence-corrected chi connectivity index (χ4v) is 3.29. The fourth-order valence-electron chi connectivity index (χ4n) is 1.98. The second-order valence-corrected chi connectivity index (χ2v) is 6.80. The molecule has 1 unspecified atom stereocenters. The van der Waals surface area contributed by atoms with Gasteiger partial charge in [-0.15, -0.1) is 0 Å². The second-order valence-electron chi connectivity index (χ2n) is 5.12. The van der Waals surface area contributed by atoms with Crippen molar-refractivity contribution in [2.75, 3.05) is 6.54 Å². The van der Waals surface area contributed by atoms with Crippen molar-refractivity contribution in [1.29, 1.82) is 0 Å². The van der Waals surface area contributed by atoms with Crippen LogP contribution < -0.4 is 5.32 Å². The van der Waals surface area contributed by atoms with E-state index in [1.54, 1.807) is 6.08 Å². The molecule has 0 radical (unpaired) electrons. The standard InChI is InChI=1S/C16H16N2O4S2/c1-10(15(21)22)17-13(19)7-8-18-14(20)12(24-16(18)23)9-11-5-3-2-4-6-11/h2-6,9-10H,7-8H2,1H3,(H,17,19)(H,21,22)/b12-9-. The Kier molecular flexibility index (Phi) is 6.10. The Morgan fingerprint density at radius 3 is 2.67 bits per heavy atom. The largest absolute Gasteiger partial charge is 0.480 e. The van der Waals surface area contributed by atoms with Crippen molar-refractivity contribution in [2.24, 2.45) is 0 Å². The number of hydrogen-bond acceptors (Lipinski definition) is 5. The third kappa shape index (κ3) is 4.65. The van der Waals surface area contributed by atoms with Crippen molar-refractivity contribution < 1.29 is 19.5 Å². The Hall–Kier alpha value is -2.19. The molecule has 2 rings (SSSR count). The van der Waals surface area contributed by atoms with Crippen molar-refractivity contribution in [3.63, 3.8) is 0 Å². The number of thiocarbonyl (C=S) groups is 1. The van der Waals surface area contributed by atoms with Crippen LogP contribution in [-0.4, -0.2) is 44.7 Å². The van der Waals surface area contributed by atoms with Crippen LogP contribution in [0.25, 0.3) is 6.08 Å². The maximum atomic E-state index is 12.4. The molecule has 126 valence electrons. The highest BCUT2D eigenvalue weighted by atomic mass is 32.2. The van der Waals surface area contributed by atoms with Gasteiger partial charge in [0.15, 0.2) is 0 Å². The van der Waals surface area contributed by atoms with E-state index in [4.69, 9.17) is 17.3 Å². The van der Waals surface area contributed by atoms with Crippen LogP contribution >= 0.6 is 24.0 Å². The minimum Gasteiger partial charge on any atom is -0.480 e. The van der Waals surface area contributed by atoms with Crippen molar-refractivity contribution >= 4 is 52.2 Å². The molecule has 1 aliphatic rings. The summed E-state index contributed by atoms with van der Waals surface area (Å²) in [6.45, 7) is 1.50. The lowest BCUT2D eigenvalue weighted by Gasteiger charge is -2.15. The number of nitrogens with zero attached hydrogens (tertiary/aromatic N) is 1. The molecule has 6 nitrogen and oxygen atoms in total. The maximum Gasteiger partial charge on any atom is 0.325 e. The summed E-state index contributed by atoms with van der Waals surface area (Å²) in [6, 6.07) is 8.43. The minimum absolute atomic E-state index is 0.0112. The number of carbonyl (C=O) groups is 3. The quantitative estimate of drug-likeness (QED) is 0.592. The first-order valence-electron chi connectivity index (χ1n) is 7.21. The molecule has 1 atom stereocenters. The zero-order valence-electron chi connectivity index (χ0n) is 12.9. The van der Waals surface area contributed by atoms with Crippen LogP contribution in [0, 0.1) is 0 Å². The number of nitrogens with one attached hydrogen (secondary N) is 1. The molecule has 0 saturated carbocycles. The summed E-state index contributed by atoms with van der Waals surface area (Å²) in [5.41, 5.74) is 0.894. The van der Waals surface area contributed by atoms with E-state index in [0.29, 0.717) is 9.23 Å². The third-order valence-corrected chi connectivity index (χ3v) is 4.66. The zero-order chi connectivity index (χ0) is 17.7. The van der Waals surface area contributed by atoms with Crippen molar-refractivity contribution in [3.05, 3.63) is 40.8 Å². The predicted molar refractivity (Wildman–Crippen MR) is 96.2 cm³/mol. The van der Waals surface area contributed by atoms with Crippen molar-refractivity contribution in [2.45, 2.75) is 19.4 Å². The van der Waals surface area contributed by atoms with Crippen LogP contribution in [0.5, 0.6) is 0 Å². The number of benzene rings is 1. The Bertz CT molecular complexity index is 703. The monoisotopic (exact) mass is 364 g/mol. The van der Waals surface area contributed by atoms with Crippen molar-refractivity contribution in [3.8, 4) is 0 Å². The molecule has 1 heterocycles. The fraction of sp³-hybridized carbons (Fsp3) is 0.250. The molecule has 2 amide bonds. The normalized spacial score (nSPS) is 17.2. The van der Waals surface area contributed by atoms with E-state index < -0.39 is 17.9 Å². The number of carboxylic acid groups (broad SMARTS) is 1. The van der Waals surface area contributed by atoms with E-state index in [1.165, 1.54) is 23.6 Å². The van der Waals surface area contributed by atoms with Crippen LogP contribution in [0.3, 0.4) is 0 Å². The summed E-state index contributed by atoms with van der Waals surface area (Å²) < 4.78 is 0.390. The van der Waals surface area contributed by atoms with Crippen LogP contribution in [-0.2, 0) is 14.4 Å². The molecule has 1 fully saturated rings. The van der Waals surface area contributed by atoms with Gasteiger partial charge in [0.25, 0.3) is 5.91 Å². The number of thioether (sulfide) groups is 1. The van der Waals surface area contributed by atoms with Gasteiger partial charge >= 0.3 is 5.97 Å². The van der Waals surface area contributed by atoms with E-state index in [9.17, 15) is 14.4 Å². The topological polar surface area (TPSA) is 86.7 Å². The van der Waals surface area contributed by atoms with Gasteiger partial charge in [-0.3, -0.25) is 19.3 Å². The summed E-state index contributed by atoms with van der Waals surface area (Å²) in [7, 11) is 0. The smallest absolute Gasteiger partial charge is 0.325 e. The molecule has 1 aromatic carbocycles. The molecule has 1 saturated heterocycles. The van der Waals surface area contributed by atoms with Crippen LogP contribution in [0.4, 0.5) is 0 Å². The van der Waals surface area contributed by atoms with Gasteiger partial charge in [-0.25, -0.2) is 0 Å². The number of carbonyl (C=O) groups excluding carboxylic acids is 2. The highest BCUT2D eigenvalue weighted by molar-refractivity contribution is 8.26. The molecule has 0 aliphatic carbocycles. The first-order valence-corrected chi connectivity index (χ1v) is 8.43. The minimum atomic E-state index is -1.11. The molecule has 0 spiro atoms. The molecule has 8 heteroatoms. The van der Waals surface area contributed by atoms with E-state index in [1.807, 2.05) is 30.3 Å². The van der Waals surface area contributed by atoms with E-state index in [2.05, 4.69) is 5.32 Å². The number of aliphatic carboxylic acids is 1. The van der Waals surface area contributed by atoms with Gasteiger partial charge in [0.05, 0.1) is 4.91 Å². The second kappa shape index (κ2) is 8.07. The Labute approximate surface area is 148 Å². The molecule has 0 bridgehead atoms. The summed E-state index contributed by atoms with van der Waals surface area (Å²) in [6.07, 6.45) is 1.74.